The summed E-state index contributed by atoms with van der Waals surface area (Å²) in [6.07, 6.45) is 1.19. The van der Waals surface area contributed by atoms with E-state index in [4.69, 9.17) is 20.9 Å². The molecule has 1 aromatic carbocycles. The first-order valence-corrected chi connectivity index (χ1v) is 11.6. The van der Waals surface area contributed by atoms with Gasteiger partial charge >= 0.3 is 12.1 Å². The van der Waals surface area contributed by atoms with Gasteiger partial charge < -0.3 is 14.4 Å². The average Bonchev–Trinajstić information content (AvgIpc) is 3.05. The Morgan fingerprint density at radius 1 is 1.25 bits per heavy atom. The van der Waals surface area contributed by atoms with E-state index in [0.717, 1.165) is 0 Å². The van der Waals surface area contributed by atoms with E-state index in [1.807, 2.05) is 6.07 Å². The minimum Gasteiger partial charge on any atom is -0.481 e. The Labute approximate surface area is 194 Å². The van der Waals surface area contributed by atoms with Gasteiger partial charge in [-0.15, -0.1) is 0 Å². The Kier molecular flexibility index (Phi) is 5.11. The van der Waals surface area contributed by atoms with Gasteiger partial charge in [0.05, 0.1) is 0 Å². The molecule has 1 saturated carbocycles. The van der Waals surface area contributed by atoms with Gasteiger partial charge in [-0.2, -0.15) is 0 Å². The number of carboxylic acids is 1. The largest absolute Gasteiger partial charge is 0.481 e. The highest BCUT2D eigenvalue weighted by molar-refractivity contribution is 7.28. The molecule has 0 bridgehead atoms. The number of anilines is 1. The quantitative estimate of drug-likeness (QED) is 0.363. The van der Waals surface area contributed by atoms with Crippen LogP contribution in [0.25, 0.3) is 20.4 Å². The lowest BCUT2D eigenvalue weighted by Crippen LogP contribution is -2.18. The number of carboxylic acid groups (broad SMARTS) is 1. The molecule has 0 radical (unpaired) electrons. The number of rotatable bonds is 6. The summed E-state index contributed by atoms with van der Waals surface area (Å²) in [6, 6.07) is 7.11. The van der Waals surface area contributed by atoms with Crippen molar-refractivity contribution in [3.63, 3.8) is 0 Å². The molecule has 1 aliphatic rings. The molecule has 0 spiro atoms. The maximum absolute atomic E-state index is 12.4. The number of amides is 1. The van der Waals surface area contributed by atoms with E-state index in [0.29, 0.717) is 54.5 Å². The van der Waals surface area contributed by atoms with Gasteiger partial charge in [0.1, 0.15) is 28.5 Å². The van der Waals surface area contributed by atoms with Gasteiger partial charge in [0.2, 0.25) is 0 Å². The second-order valence-electron chi connectivity index (χ2n) is 7.31. The number of aliphatic carboxylic acids is 1. The predicted molar refractivity (Wildman–Crippen MR) is 119 cm³/mol. The smallest absolute Gasteiger partial charge is 0.412 e. The summed E-state index contributed by atoms with van der Waals surface area (Å²) in [5, 5.41) is 17.6. The van der Waals surface area contributed by atoms with Crippen molar-refractivity contribution in [2.45, 2.75) is 31.3 Å². The van der Waals surface area contributed by atoms with Crippen LogP contribution in [0.15, 0.2) is 35.1 Å². The molecule has 0 saturated heterocycles. The third-order valence-electron chi connectivity index (χ3n) is 5.18. The van der Waals surface area contributed by atoms with Crippen molar-refractivity contribution in [3.8, 4) is 10.7 Å². The number of ether oxygens (including phenoxy) is 1. The zero-order chi connectivity index (χ0) is 22.5. The lowest BCUT2D eigenvalue weighted by atomic mass is 10.1. The third-order valence-corrected chi connectivity index (χ3v) is 7.76. The molecule has 0 aliphatic heterocycles. The van der Waals surface area contributed by atoms with Crippen LogP contribution in [0.3, 0.4) is 0 Å². The Bertz CT molecular complexity index is 1310. The Hall–Kier alpha value is -3.02. The Balaban J connectivity index is 1.33. The van der Waals surface area contributed by atoms with Crippen LogP contribution < -0.4 is 5.32 Å². The third kappa shape index (κ3) is 3.61. The lowest BCUT2D eigenvalue weighted by molar-refractivity contribution is -0.140. The molecule has 1 fully saturated rings. The summed E-state index contributed by atoms with van der Waals surface area (Å²) in [6.45, 7) is 1.72. The molecule has 12 heteroatoms. The average molecular weight is 491 g/mol. The molecule has 4 aromatic rings. The first-order valence-electron chi connectivity index (χ1n) is 9.55. The van der Waals surface area contributed by atoms with Crippen molar-refractivity contribution in [2.24, 2.45) is 0 Å². The number of hydrogen-bond donors (Lipinski definition) is 2. The van der Waals surface area contributed by atoms with Gasteiger partial charge in [0.15, 0.2) is 20.4 Å². The second kappa shape index (κ2) is 7.84. The van der Waals surface area contributed by atoms with Crippen LogP contribution in [0, 0.1) is 0 Å². The number of fused-ring (bicyclic) bond motifs is 1. The molecule has 1 amide bonds. The highest BCUT2D eigenvalue weighted by atomic mass is 35.5. The van der Waals surface area contributed by atoms with Crippen molar-refractivity contribution in [1.29, 1.82) is 0 Å². The van der Waals surface area contributed by atoms with Crippen LogP contribution in [-0.2, 0) is 14.9 Å². The fourth-order valence-electron chi connectivity index (χ4n) is 3.24. The molecule has 3 heterocycles. The monoisotopic (exact) mass is 490 g/mol. The summed E-state index contributed by atoms with van der Waals surface area (Å²) < 4.78 is 10.5. The van der Waals surface area contributed by atoms with E-state index >= 15 is 0 Å². The molecule has 5 rings (SSSR count). The molecule has 1 atom stereocenters. The highest BCUT2D eigenvalue weighted by Gasteiger charge is 2.54. The number of nitrogens with one attached hydrogen (secondary N) is 1. The summed E-state index contributed by atoms with van der Waals surface area (Å²) in [4.78, 5) is 34.2. The minimum atomic E-state index is -0.867. The van der Waals surface area contributed by atoms with Crippen LogP contribution in [0.4, 0.5) is 10.5 Å². The summed E-state index contributed by atoms with van der Waals surface area (Å²) in [5.41, 5.74) is 0.455. The van der Waals surface area contributed by atoms with Crippen molar-refractivity contribution < 1.29 is 24.0 Å². The molecule has 3 aromatic heterocycles. The predicted octanol–water partition coefficient (Wildman–Crippen LogP) is 5.49. The summed E-state index contributed by atoms with van der Waals surface area (Å²) >= 11 is 8.67. The van der Waals surface area contributed by atoms with Crippen LogP contribution >= 0.6 is 34.3 Å². The lowest BCUT2D eigenvalue weighted by Gasteiger charge is -2.15. The van der Waals surface area contributed by atoms with Crippen LogP contribution in [0.2, 0.25) is 5.02 Å². The normalized spacial score (nSPS) is 15.4. The van der Waals surface area contributed by atoms with Gasteiger partial charge in [-0.1, -0.05) is 57.6 Å². The van der Waals surface area contributed by atoms with E-state index < -0.39 is 23.6 Å². The molecular weight excluding hydrogens is 476 g/mol. The number of nitrogens with zero attached hydrogens (tertiary/aromatic N) is 3. The van der Waals surface area contributed by atoms with Gasteiger partial charge in [-0.25, -0.2) is 14.8 Å². The van der Waals surface area contributed by atoms with Crippen LogP contribution in [0.5, 0.6) is 0 Å². The molecule has 32 heavy (non-hydrogen) atoms. The molecule has 9 nitrogen and oxygen atoms in total. The van der Waals surface area contributed by atoms with Crippen molar-refractivity contribution in [1.82, 2.24) is 15.1 Å². The van der Waals surface area contributed by atoms with E-state index in [2.05, 4.69) is 20.4 Å². The van der Waals surface area contributed by atoms with Crippen LogP contribution in [0.1, 0.15) is 36.4 Å². The van der Waals surface area contributed by atoms with Crippen molar-refractivity contribution in [2.75, 3.05) is 5.32 Å². The van der Waals surface area contributed by atoms with E-state index in [1.54, 1.807) is 25.1 Å². The number of carbonyl (C=O) groups excluding carboxylic acids is 1. The highest BCUT2D eigenvalue weighted by Crippen LogP contribution is 2.51. The van der Waals surface area contributed by atoms with Gasteiger partial charge in [-0.05, 0) is 25.8 Å². The number of halogens is 1. The van der Waals surface area contributed by atoms with Crippen LogP contribution in [-0.4, -0.2) is 32.3 Å². The molecule has 1 unspecified atom stereocenters. The van der Waals surface area contributed by atoms with Gasteiger partial charge in [-0.3, -0.25) is 10.1 Å². The molecular formula is C20H15ClN4O5S2. The minimum absolute atomic E-state index is 0.298. The fourth-order valence-corrected chi connectivity index (χ4v) is 5.81. The van der Waals surface area contributed by atoms with E-state index in [9.17, 15) is 14.7 Å². The van der Waals surface area contributed by atoms with Crippen molar-refractivity contribution in [3.05, 3.63) is 46.1 Å². The maximum Gasteiger partial charge on any atom is 0.412 e. The standard InChI is InChI=1S/C20H15ClN4O5S2/c1-9(10-4-2-3-5-11(10)21)30-19(28)22-12-8-29-25-13(12)14-23-15-16(31-14)24-17(32-15)20(6-7-20)18(26)27/h2-5,8-9H,6-7H2,1H3,(H,22,28)(H,26,27). The SMILES string of the molecule is CC(OC(=O)Nc1conc1-c1nc2sc(C3(C(=O)O)CC3)nc2s1)c1ccccc1Cl. The number of benzene rings is 1. The molecule has 164 valence electrons. The zero-order valence-electron chi connectivity index (χ0n) is 16.5. The summed E-state index contributed by atoms with van der Waals surface area (Å²) in [7, 11) is 0. The zero-order valence-corrected chi connectivity index (χ0v) is 18.9. The Morgan fingerprint density at radius 3 is 2.69 bits per heavy atom. The molecule has 1 aliphatic carbocycles. The number of aromatic nitrogens is 3. The Morgan fingerprint density at radius 2 is 2.00 bits per heavy atom. The number of thiazole rings is 2. The van der Waals surface area contributed by atoms with E-state index in [1.165, 1.54) is 28.9 Å². The van der Waals surface area contributed by atoms with Gasteiger partial charge in [0, 0.05) is 10.6 Å². The maximum atomic E-state index is 12.4. The number of carbonyl (C=O) groups is 2. The first-order chi connectivity index (χ1) is 15.4. The summed E-state index contributed by atoms with van der Waals surface area (Å²) in [5.74, 6) is -0.855. The van der Waals surface area contributed by atoms with E-state index in [-0.39, 0.29) is 0 Å². The second-order valence-corrected chi connectivity index (χ2v) is 9.67. The van der Waals surface area contributed by atoms with Gasteiger partial charge in [0.25, 0.3) is 0 Å². The molecule has 2 N–H and O–H groups in total. The number of hydrogen-bond acceptors (Lipinski definition) is 9. The first kappa shape index (κ1) is 20.9. The fraction of sp³-hybridized carbons (Fsp3) is 0.250. The van der Waals surface area contributed by atoms with Crippen molar-refractivity contribution >= 4 is 61.7 Å². The topological polar surface area (TPSA) is 127 Å².